The molecular formula is C15H17O3+. The van der Waals surface area contributed by atoms with E-state index in [1.807, 2.05) is 44.2 Å². The molecule has 0 aliphatic heterocycles. The third kappa shape index (κ3) is 2.45. The average molecular weight is 245 g/mol. The van der Waals surface area contributed by atoms with Crippen LogP contribution in [0.15, 0.2) is 34.7 Å². The highest BCUT2D eigenvalue weighted by Gasteiger charge is 2.11. The lowest BCUT2D eigenvalue weighted by Gasteiger charge is -2.09. The summed E-state index contributed by atoms with van der Waals surface area (Å²) in [4.78, 5) is 0. The Bertz CT molecular complexity index is 541. The summed E-state index contributed by atoms with van der Waals surface area (Å²) in [5.74, 6) is 3.24. The van der Waals surface area contributed by atoms with E-state index in [2.05, 4.69) is 0 Å². The normalized spacial score (nSPS) is 10.2. The summed E-state index contributed by atoms with van der Waals surface area (Å²) in [6.45, 7) is 3.88. The van der Waals surface area contributed by atoms with Gasteiger partial charge in [-0.25, -0.2) is 4.42 Å². The van der Waals surface area contributed by atoms with Crippen LogP contribution in [0.25, 0.3) is 11.1 Å². The van der Waals surface area contributed by atoms with Gasteiger partial charge in [0.05, 0.1) is 28.1 Å². The second-order valence-corrected chi connectivity index (χ2v) is 4.14. The van der Waals surface area contributed by atoms with Crippen molar-refractivity contribution in [2.75, 3.05) is 14.2 Å². The minimum absolute atomic E-state index is 0.728. The van der Waals surface area contributed by atoms with Crippen molar-refractivity contribution in [1.29, 1.82) is 0 Å². The lowest BCUT2D eigenvalue weighted by Crippen LogP contribution is -1.91. The summed E-state index contributed by atoms with van der Waals surface area (Å²) in [5.41, 5.74) is 2.19. The first-order chi connectivity index (χ1) is 8.63. The molecule has 0 saturated heterocycles. The van der Waals surface area contributed by atoms with Gasteiger partial charge in [-0.3, -0.25) is 0 Å². The van der Waals surface area contributed by atoms with Crippen LogP contribution >= 0.6 is 0 Å². The van der Waals surface area contributed by atoms with Crippen LogP contribution in [0.3, 0.4) is 0 Å². The van der Waals surface area contributed by atoms with E-state index in [-0.39, 0.29) is 0 Å². The number of ether oxygens (including phenoxy) is 2. The van der Waals surface area contributed by atoms with Crippen LogP contribution in [0.5, 0.6) is 11.5 Å². The van der Waals surface area contributed by atoms with Gasteiger partial charge in [-0.1, -0.05) is 6.07 Å². The van der Waals surface area contributed by atoms with E-state index in [0.717, 1.165) is 34.1 Å². The van der Waals surface area contributed by atoms with Crippen LogP contribution < -0.4 is 9.47 Å². The predicted octanol–water partition coefficient (Wildman–Crippen LogP) is 3.86. The summed E-state index contributed by atoms with van der Waals surface area (Å²) in [5, 5.41) is 0. The first kappa shape index (κ1) is 12.4. The number of benzene rings is 1. The molecule has 18 heavy (non-hydrogen) atoms. The molecule has 1 aromatic heterocycles. The highest BCUT2D eigenvalue weighted by Crippen LogP contribution is 2.32. The molecule has 94 valence electrons. The number of methoxy groups -OCH3 is 2. The van der Waals surface area contributed by atoms with Crippen molar-refractivity contribution >= 4 is 0 Å². The molecule has 0 radical (unpaired) electrons. The van der Waals surface area contributed by atoms with E-state index in [1.54, 1.807) is 14.2 Å². The topological polar surface area (TPSA) is 29.8 Å². The molecule has 0 aliphatic rings. The van der Waals surface area contributed by atoms with Crippen molar-refractivity contribution in [2.45, 2.75) is 13.8 Å². The molecule has 3 heteroatoms. The Labute approximate surface area is 107 Å². The van der Waals surface area contributed by atoms with Crippen LogP contribution in [0.2, 0.25) is 0 Å². The van der Waals surface area contributed by atoms with E-state index in [1.165, 1.54) is 0 Å². The zero-order valence-corrected chi connectivity index (χ0v) is 11.1. The zero-order chi connectivity index (χ0) is 13.1. The van der Waals surface area contributed by atoms with E-state index >= 15 is 0 Å². The van der Waals surface area contributed by atoms with Crippen molar-refractivity contribution in [2.24, 2.45) is 0 Å². The quantitative estimate of drug-likeness (QED) is 0.769. The highest BCUT2D eigenvalue weighted by molar-refractivity contribution is 5.67. The minimum Gasteiger partial charge on any atom is -0.493 e. The van der Waals surface area contributed by atoms with E-state index in [4.69, 9.17) is 13.9 Å². The second-order valence-electron chi connectivity index (χ2n) is 4.14. The average Bonchev–Trinajstić information content (AvgIpc) is 2.36. The van der Waals surface area contributed by atoms with Gasteiger partial charge in [0.15, 0.2) is 11.5 Å². The summed E-state index contributed by atoms with van der Waals surface area (Å²) in [6.07, 6.45) is 0. The van der Waals surface area contributed by atoms with Gasteiger partial charge < -0.3 is 9.47 Å². The fraction of sp³-hybridized carbons (Fsp3) is 0.267. The third-order valence-corrected chi connectivity index (χ3v) is 2.76. The number of hydrogen-bond donors (Lipinski definition) is 0. The molecule has 1 heterocycles. The first-order valence-corrected chi connectivity index (χ1v) is 5.78. The van der Waals surface area contributed by atoms with Gasteiger partial charge in [-0.2, -0.15) is 0 Å². The van der Waals surface area contributed by atoms with Crippen LogP contribution in [0, 0.1) is 13.8 Å². The van der Waals surface area contributed by atoms with Crippen molar-refractivity contribution in [3.05, 3.63) is 41.9 Å². The largest absolute Gasteiger partial charge is 0.493 e. The Kier molecular flexibility index (Phi) is 3.51. The van der Waals surface area contributed by atoms with Crippen LogP contribution in [-0.2, 0) is 0 Å². The van der Waals surface area contributed by atoms with E-state index in [9.17, 15) is 0 Å². The molecule has 0 unspecified atom stereocenters. The van der Waals surface area contributed by atoms with Crippen molar-refractivity contribution in [3.8, 4) is 22.6 Å². The fourth-order valence-electron chi connectivity index (χ4n) is 1.97. The Morgan fingerprint density at radius 2 is 1.39 bits per heavy atom. The molecule has 0 bridgehead atoms. The van der Waals surface area contributed by atoms with Gasteiger partial charge in [0, 0.05) is 12.1 Å². The van der Waals surface area contributed by atoms with Crippen LogP contribution in [0.1, 0.15) is 11.5 Å². The van der Waals surface area contributed by atoms with Gasteiger partial charge in [-0.15, -0.1) is 0 Å². The fourth-order valence-corrected chi connectivity index (χ4v) is 1.97. The molecule has 2 aromatic rings. The van der Waals surface area contributed by atoms with Gasteiger partial charge in [0.25, 0.3) is 0 Å². The molecule has 0 fully saturated rings. The molecule has 0 aliphatic carbocycles. The third-order valence-electron chi connectivity index (χ3n) is 2.76. The number of aryl methyl sites for hydroxylation is 2. The smallest absolute Gasteiger partial charge is 0.327 e. The molecule has 0 amide bonds. The summed E-state index contributed by atoms with van der Waals surface area (Å²) in [6, 6.07) is 9.90. The van der Waals surface area contributed by atoms with Crippen LogP contribution in [0.4, 0.5) is 0 Å². The number of rotatable bonds is 3. The van der Waals surface area contributed by atoms with Gasteiger partial charge in [-0.05, 0) is 23.3 Å². The lowest BCUT2D eigenvalue weighted by molar-refractivity contribution is 0.355. The van der Waals surface area contributed by atoms with Crippen molar-refractivity contribution in [1.82, 2.24) is 0 Å². The molecule has 0 spiro atoms. The Hall–Kier alpha value is -2.03. The van der Waals surface area contributed by atoms with Gasteiger partial charge in [0.1, 0.15) is 0 Å². The molecule has 0 saturated carbocycles. The van der Waals surface area contributed by atoms with Gasteiger partial charge >= 0.3 is 11.5 Å². The molecular weight excluding hydrogens is 228 g/mol. The lowest BCUT2D eigenvalue weighted by atomic mass is 10.1. The van der Waals surface area contributed by atoms with E-state index < -0.39 is 0 Å². The molecule has 3 nitrogen and oxygen atoms in total. The summed E-state index contributed by atoms with van der Waals surface area (Å²) >= 11 is 0. The standard InChI is InChI=1S/C15H17O3/c1-10-7-13(8-11(2)18-10)12-5-6-14(16-3)15(9-12)17-4/h5-9H,1-4H3/q+1. The summed E-state index contributed by atoms with van der Waals surface area (Å²) < 4.78 is 16.0. The Morgan fingerprint density at radius 1 is 0.778 bits per heavy atom. The van der Waals surface area contributed by atoms with Gasteiger partial charge in [0.2, 0.25) is 0 Å². The SMILES string of the molecule is COc1ccc(-c2cc(C)[o+]c(C)c2)cc1OC. The van der Waals surface area contributed by atoms with Crippen molar-refractivity contribution < 1.29 is 13.9 Å². The minimum atomic E-state index is 0.728. The summed E-state index contributed by atoms with van der Waals surface area (Å²) in [7, 11) is 3.27. The Morgan fingerprint density at radius 3 is 1.94 bits per heavy atom. The molecule has 0 atom stereocenters. The molecule has 1 aromatic carbocycles. The predicted molar refractivity (Wildman–Crippen MR) is 71.1 cm³/mol. The van der Waals surface area contributed by atoms with E-state index in [0.29, 0.717) is 0 Å². The first-order valence-electron chi connectivity index (χ1n) is 5.78. The van der Waals surface area contributed by atoms with Crippen LogP contribution in [-0.4, -0.2) is 14.2 Å². The highest BCUT2D eigenvalue weighted by atomic mass is 16.5. The number of hydrogen-bond acceptors (Lipinski definition) is 2. The monoisotopic (exact) mass is 245 g/mol. The molecule has 2 rings (SSSR count). The maximum Gasteiger partial charge on any atom is 0.327 e. The Balaban J connectivity index is 2.50. The maximum atomic E-state index is 5.48. The zero-order valence-electron chi connectivity index (χ0n) is 11.1. The molecule has 0 N–H and O–H groups in total. The maximum absolute atomic E-state index is 5.48. The van der Waals surface area contributed by atoms with Crippen molar-refractivity contribution in [3.63, 3.8) is 0 Å². The second kappa shape index (κ2) is 5.08.